The molecule has 2 unspecified atom stereocenters. The number of hydrogen-bond acceptors (Lipinski definition) is 3. The minimum atomic E-state index is -0.341. The SMILES string of the molecule is CCCOc1ccc(C2(CCCC(=O)OC)C34C5=c6ccc7c8ccc9c%10ccc%11c%12ccc%13c%14c(c%15c%16c3c6c7c3c8c9c6c%10c%11c(c%14%12)c%15c6c%163)C24C=%13C=C5)cc1. The van der Waals surface area contributed by atoms with E-state index >= 15 is 0 Å². The van der Waals surface area contributed by atoms with Gasteiger partial charge in [-0.05, 0) is 188 Å². The van der Waals surface area contributed by atoms with E-state index in [2.05, 4.69) is 91.9 Å². The van der Waals surface area contributed by atoms with Gasteiger partial charge in [0.15, 0.2) is 0 Å². The van der Waals surface area contributed by atoms with Crippen molar-refractivity contribution in [1.82, 2.24) is 0 Å². The lowest BCUT2D eigenvalue weighted by atomic mass is 9.68. The van der Waals surface area contributed by atoms with Crippen LogP contribution in [-0.4, -0.2) is 19.7 Å². The van der Waals surface area contributed by atoms with Gasteiger partial charge in [0, 0.05) is 22.7 Å². The van der Waals surface area contributed by atoms with Crippen LogP contribution in [0.3, 0.4) is 0 Å². The van der Waals surface area contributed by atoms with Crippen molar-refractivity contribution < 1.29 is 14.3 Å². The molecule has 0 aliphatic heterocycles. The van der Waals surface area contributed by atoms with Crippen molar-refractivity contribution in [3.8, 4) is 5.75 Å². The first-order valence-electron chi connectivity index (χ1n) is 21.3. The number of fused-ring (bicyclic) bond motifs is 3. The Bertz CT molecular complexity index is 4080. The third-order valence-electron chi connectivity index (χ3n) is 17.5. The Labute approximate surface area is 329 Å². The van der Waals surface area contributed by atoms with E-state index in [1.165, 1.54) is 142 Å². The van der Waals surface area contributed by atoms with Crippen LogP contribution in [0.4, 0.5) is 0 Å². The van der Waals surface area contributed by atoms with Gasteiger partial charge in [-0.1, -0.05) is 79.7 Å². The van der Waals surface area contributed by atoms with E-state index in [-0.39, 0.29) is 22.2 Å². The molecule has 5 aliphatic rings. The number of hydrogen-bond donors (Lipinski definition) is 0. The van der Waals surface area contributed by atoms with Crippen LogP contribution in [0.2, 0.25) is 0 Å². The molecule has 0 radical (unpaired) electrons. The Balaban J connectivity index is 1.17. The predicted molar refractivity (Wildman–Crippen MR) is 237 cm³/mol. The van der Waals surface area contributed by atoms with E-state index < -0.39 is 0 Å². The maximum atomic E-state index is 13.1. The second-order valence-electron chi connectivity index (χ2n) is 18.8. The van der Waals surface area contributed by atoms with Crippen molar-refractivity contribution in [2.75, 3.05) is 13.7 Å². The van der Waals surface area contributed by atoms with E-state index in [1.54, 1.807) is 21.9 Å². The minimum Gasteiger partial charge on any atom is -0.494 e. The summed E-state index contributed by atoms with van der Waals surface area (Å²) < 4.78 is 11.6. The van der Waals surface area contributed by atoms with Crippen molar-refractivity contribution in [2.45, 2.75) is 48.9 Å². The Morgan fingerprint density at radius 2 is 0.948 bits per heavy atom. The van der Waals surface area contributed by atoms with Crippen LogP contribution in [0.5, 0.6) is 5.75 Å². The largest absolute Gasteiger partial charge is 0.494 e. The van der Waals surface area contributed by atoms with Gasteiger partial charge in [-0.3, -0.25) is 4.79 Å². The van der Waals surface area contributed by atoms with E-state index in [0.29, 0.717) is 13.0 Å². The van der Waals surface area contributed by atoms with Gasteiger partial charge in [0.25, 0.3) is 0 Å². The maximum absolute atomic E-state index is 13.1. The zero-order valence-corrected chi connectivity index (χ0v) is 31.8. The van der Waals surface area contributed by atoms with Gasteiger partial charge in [0.2, 0.25) is 0 Å². The van der Waals surface area contributed by atoms with Crippen molar-refractivity contribution in [3.05, 3.63) is 112 Å². The Morgan fingerprint density at radius 3 is 1.41 bits per heavy atom. The normalized spacial score (nSPS) is 23.8. The predicted octanol–water partition coefficient (Wildman–Crippen LogP) is 11.3. The first-order chi connectivity index (χ1) is 28.6. The molecule has 1 saturated carbocycles. The van der Waals surface area contributed by atoms with Gasteiger partial charge in [-0.2, -0.15) is 0 Å². The molecule has 0 bridgehead atoms. The van der Waals surface area contributed by atoms with Gasteiger partial charge < -0.3 is 9.47 Å². The fourth-order valence-corrected chi connectivity index (χ4v) is 16.5. The molecule has 3 nitrogen and oxygen atoms in total. The van der Waals surface area contributed by atoms with Gasteiger partial charge in [-0.25, -0.2) is 0 Å². The highest BCUT2D eigenvalue weighted by atomic mass is 16.5. The number of rotatable bonds is 8. The van der Waals surface area contributed by atoms with Crippen LogP contribution in [-0.2, 0) is 25.8 Å². The first-order valence-corrected chi connectivity index (χ1v) is 21.3. The Hall–Kier alpha value is -6.45. The van der Waals surface area contributed by atoms with Gasteiger partial charge >= 0.3 is 5.97 Å². The summed E-state index contributed by atoms with van der Waals surface area (Å²) >= 11 is 0. The zero-order chi connectivity index (χ0) is 37.2. The molecule has 0 N–H and O–H groups in total. The zero-order valence-electron chi connectivity index (χ0n) is 31.8. The molecule has 0 amide bonds. The van der Waals surface area contributed by atoms with Crippen LogP contribution in [0, 0.1) is 0 Å². The molecule has 268 valence electrons. The second-order valence-corrected chi connectivity index (χ2v) is 18.8. The fourth-order valence-electron chi connectivity index (χ4n) is 16.5. The summed E-state index contributed by atoms with van der Waals surface area (Å²) in [4.78, 5) is 13.1. The quantitative estimate of drug-likeness (QED) is 0.115. The molecular weight excluding hydrogens is 709 g/mol. The first kappa shape index (κ1) is 28.0. The summed E-state index contributed by atoms with van der Waals surface area (Å²) in [5.41, 5.74) is 6.50. The summed E-state index contributed by atoms with van der Waals surface area (Å²) in [5.74, 6) is 0.798. The lowest BCUT2D eigenvalue weighted by Crippen LogP contribution is -2.27. The Kier molecular flexibility index (Phi) is 3.81. The second kappa shape index (κ2) is 7.87. The van der Waals surface area contributed by atoms with Crippen LogP contribution in [0.15, 0.2) is 84.9 Å². The molecule has 13 aromatic carbocycles. The molecule has 13 aromatic rings. The Morgan fingerprint density at radius 1 is 0.517 bits per heavy atom. The lowest BCUT2D eigenvalue weighted by Gasteiger charge is -2.32. The standard InChI is InChI=1S/C55H30O3/c1-3-21-58-23-8-6-22(7-9-23)53(20-4-5-34(56)57-2)54-32-18-19-33-31-17-15-29-27-13-11-25-24-10-12-26-28-14-16-30(32)41-39(28)44-37(26)35(24)43-36(25)38(27)45-40(29)42(31)52(55(33,53)54)50-48(45)46(43)47(44)49(50)51(41)54/h6-19H,3-5,20-21H2,1-2H3. The number of benzene rings is 9. The summed E-state index contributed by atoms with van der Waals surface area (Å²) in [6.45, 7) is 2.87. The highest BCUT2D eigenvalue weighted by Crippen LogP contribution is 2.92. The topological polar surface area (TPSA) is 35.5 Å². The van der Waals surface area contributed by atoms with Gasteiger partial charge in [0.1, 0.15) is 5.75 Å². The highest BCUT2D eigenvalue weighted by molar-refractivity contribution is 6.64. The lowest BCUT2D eigenvalue weighted by molar-refractivity contribution is -0.140. The number of allylic oxidation sites excluding steroid dienone is 2. The summed E-state index contributed by atoms with van der Waals surface area (Å²) in [7, 11) is 1.53. The van der Waals surface area contributed by atoms with Crippen molar-refractivity contribution in [2.24, 2.45) is 0 Å². The van der Waals surface area contributed by atoms with Crippen LogP contribution >= 0.6 is 0 Å². The number of ether oxygens (including phenoxy) is 2. The van der Waals surface area contributed by atoms with Crippen molar-refractivity contribution in [3.63, 3.8) is 0 Å². The fraction of sp³-hybridized carbons (Fsp3) is 0.182. The van der Waals surface area contributed by atoms with E-state index in [9.17, 15) is 4.79 Å². The van der Waals surface area contributed by atoms with Crippen molar-refractivity contribution >= 4 is 136 Å². The third-order valence-corrected chi connectivity index (χ3v) is 17.5. The van der Waals surface area contributed by atoms with E-state index in [4.69, 9.17) is 9.47 Å². The van der Waals surface area contributed by atoms with Gasteiger partial charge in [-0.15, -0.1) is 0 Å². The molecule has 5 aliphatic carbocycles. The third kappa shape index (κ3) is 2.09. The molecule has 1 fully saturated rings. The molecule has 0 saturated heterocycles. The number of esters is 1. The average molecular weight is 739 g/mol. The van der Waals surface area contributed by atoms with Crippen LogP contribution < -0.4 is 15.2 Å². The molecule has 2 spiro atoms. The van der Waals surface area contributed by atoms with Crippen molar-refractivity contribution in [1.29, 1.82) is 0 Å². The summed E-state index contributed by atoms with van der Waals surface area (Å²) in [6.07, 6.45) is 8.10. The molecule has 58 heavy (non-hydrogen) atoms. The monoisotopic (exact) mass is 738 g/mol. The smallest absolute Gasteiger partial charge is 0.305 e. The molecule has 2 atom stereocenters. The number of carbonyl (C=O) groups excluding carboxylic acids is 1. The average Bonchev–Trinajstić information content (AvgIpc) is 3.91. The molecular formula is C55H30O3. The summed E-state index contributed by atoms with van der Waals surface area (Å²) in [6, 6.07) is 29.0. The summed E-state index contributed by atoms with van der Waals surface area (Å²) in [5, 5.41) is 35.4. The molecule has 0 heterocycles. The highest BCUT2D eigenvalue weighted by Gasteiger charge is 2.93. The van der Waals surface area contributed by atoms with E-state index in [1.807, 2.05) is 0 Å². The number of methoxy groups -OCH3 is 1. The van der Waals surface area contributed by atoms with E-state index in [0.717, 1.165) is 25.0 Å². The van der Waals surface area contributed by atoms with Crippen LogP contribution in [0.25, 0.3) is 130 Å². The number of carbonyl (C=O) groups is 1. The minimum absolute atomic E-state index is 0.127. The van der Waals surface area contributed by atoms with Crippen LogP contribution in [0.1, 0.15) is 49.3 Å². The maximum Gasteiger partial charge on any atom is 0.305 e. The molecule has 3 heteroatoms. The van der Waals surface area contributed by atoms with Gasteiger partial charge in [0.05, 0.1) is 13.7 Å². The molecule has 0 aromatic heterocycles. The molecule has 18 rings (SSSR count).